The molecule has 0 fully saturated rings. The lowest BCUT2D eigenvalue weighted by Crippen LogP contribution is -2.04. The summed E-state index contributed by atoms with van der Waals surface area (Å²) in [6, 6.07) is 12.4. The van der Waals surface area contributed by atoms with Gasteiger partial charge >= 0.3 is 5.97 Å². The van der Waals surface area contributed by atoms with E-state index in [1.54, 1.807) is 19.1 Å². The monoisotopic (exact) mass is 502 g/mol. The minimum Gasteiger partial charge on any atom is -0.466 e. The lowest BCUT2D eigenvalue weighted by Gasteiger charge is -2.07. The first-order chi connectivity index (χ1) is 15.0. The summed E-state index contributed by atoms with van der Waals surface area (Å²) < 4.78 is 21.3. The number of thioether (sulfide) groups is 1. The molecule has 4 rings (SSSR count). The lowest BCUT2D eigenvalue weighted by atomic mass is 10.2. The molecule has 0 aliphatic rings. The maximum Gasteiger partial charge on any atom is 0.305 e. The highest BCUT2D eigenvalue weighted by Gasteiger charge is 2.16. The van der Waals surface area contributed by atoms with Crippen LogP contribution in [0.1, 0.15) is 25.3 Å². The molecule has 0 aliphatic carbocycles. The summed E-state index contributed by atoms with van der Waals surface area (Å²) in [5, 5.41) is 10.2. The van der Waals surface area contributed by atoms with Crippen LogP contribution in [0.4, 0.5) is 4.39 Å². The van der Waals surface area contributed by atoms with Gasteiger partial charge in [0.2, 0.25) is 5.16 Å². The van der Waals surface area contributed by atoms with Gasteiger partial charge in [-0.05, 0) is 49.2 Å². The van der Waals surface area contributed by atoms with Crippen LogP contribution in [0.15, 0.2) is 52.1 Å². The summed E-state index contributed by atoms with van der Waals surface area (Å²) in [6.07, 6.45) is 1.05. The van der Waals surface area contributed by atoms with Gasteiger partial charge in [0.25, 0.3) is 0 Å². The molecule has 31 heavy (non-hydrogen) atoms. The number of aromatic nitrogens is 4. The van der Waals surface area contributed by atoms with Crippen LogP contribution in [-0.4, -0.2) is 38.1 Å². The smallest absolute Gasteiger partial charge is 0.305 e. The van der Waals surface area contributed by atoms with Gasteiger partial charge in [0, 0.05) is 28.6 Å². The quantitative estimate of drug-likeness (QED) is 0.183. The maximum absolute atomic E-state index is 13.3. The van der Waals surface area contributed by atoms with E-state index in [1.807, 2.05) is 18.2 Å². The number of carbonyl (C=O) groups excluding carboxylic acids is 1. The van der Waals surface area contributed by atoms with Gasteiger partial charge in [0.1, 0.15) is 11.3 Å². The van der Waals surface area contributed by atoms with E-state index in [0.29, 0.717) is 42.4 Å². The third kappa shape index (κ3) is 5.04. The minimum atomic E-state index is -0.264. The van der Waals surface area contributed by atoms with Crippen LogP contribution in [0.5, 0.6) is 0 Å². The molecule has 4 aromatic rings. The summed E-state index contributed by atoms with van der Waals surface area (Å²) in [5.41, 5.74) is 3.38. The number of ether oxygens (including phenoxy) is 1. The molecule has 160 valence electrons. The Morgan fingerprint density at radius 3 is 2.77 bits per heavy atom. The zero-order chi connectivity index (χ0) is 21.8. The third-order valence-corrected chi connectivity index (χ3v) is 6.14. The second-order valence-electron chi connectivity index (χ2n) is 6.90. The highest BCUT2D eigenvalue weighted by atomic mass is 79.9. The summed E-state index contributed by atoms with van der Waals surface area (Å²) in [5.74, 6) is 0.235. The molecule has 0 radical (unpaired) electrons. The highest BCUT2D eigenvalue weighted by Crippen LogP contribution is 2.30. The molecule has 0 N–H and O–H groups in total. The maximum atomic E-state index is 13.3. The molecule has 2 heterocycles. The summed E-state index contributed by atoms with van der Waals surface area (Å²) >= 11 is 4.98. The Kier molecular flexibility index (Phi) is 6.82. The Labute approximate surface area is 191 Å². The largest absolute Gasteiger partial charge is 0.466 e. The molecule has 0 atom stereocenters. The van der Waals surface area contributed by atoms with E-state index < -0.39 is 0 Å². The number of hydrogen-bond acceptors (Lipinski definition) is 6. The van der Waals surface area contributed by atoms with Crippen molar-refractivity contribution >= 4 is 55.7 Å². The van der Waals surface area contributed by atoms with Gasteiger partial charge in [-0.1, -0.05) is 39.8 Å². The number of esters is 1. The number of carbonyl (C=O) groups is 1. The average Bonchev–Trinajstić information content (AvgIpc) is 3.05. The molecular formula is C22H20BrFN4O2S. The van der Waals surface area contributed by atoms with Gasteiger partial charge in [-0.2, -0.15) is 0 Å². The second kappa shape index (κ2) is 9.74. The Balaban J connectivity index is 1.64. The van der Waals surface area contributed by atoms with Crippen LogP contribution in [-0.2, 0) is 16.1 Å². The van der Waals surface area contributed by atoms with E-state index >= 15 is 0 Å². The Bertz CT molecular complexity index is 1230. The SMILES string of the molecule is CCOC(=O)CCCSc1nnc2c3cc(Br)ccc3n(Cc3ccc(F)cc3)c2n1. The van der Waals surface area contributed by atoms with E-state index in [1.165, 1.54) is 23.9 Å². The van der Waals surface area contributed by atoms with Gasteiger partial charge in [-0.25, -0.2) is 9.37 Å². The summed E-state index contributed by atoms with van der Waals surface area (Å²) in [4.78, 5) is 16.2. The van der Waals surface area contributed by atoms with Crippen molar-refractivity contribution in [3.8, 4) is 0 Å². The molecule has 0 amide bonds. The number of rotatable bonds is 8. The Morgan fingerprint density at radius 1 is 1.19 bits per heavy atom. The van der Waals surface area contributed by atoms with Crippen molar-refractivity contribution in [2.45, 2.75) is 31.5 Å². The van der Waals surface area contributed by atoms with Crippen molar-refractivity contribution in [3.63, 3.8) is 0 Å². The molecule has 0 saturated carbocycles. The first kappa shape index (κ1) is 21.7. The minimum absolute atomic E-state index is 0.192. The average molecular weight is 503 g/mol. The first-order valence-corrected chi connectivity index (χ1v) is 11.7. The normalized spacial score (nSPS) is 11.3. The highest BCUT2D eigenvalue weighted by molar-refractivity contribution is 9.10. The zero-order valence-corrected chi connectivity index (χ0v) is 19.2. The van der Waals surface area contributed by atoms with Crippen LogP contribution in [0.25, 0.3) is 22.1 Å². The molecule has 9 heteroatoms. The summed E-state index contributed by atoms with van der Waals surface area (Å²) in [6.45, 7) is 2.73. The van der Waals surface area contributed by atoms with Crippen LogP contribution in [0.2, 0.25) is 0 Å². The van der Waals surface area contributed by atoms with Gasteiger partial charge in [-0.3, -0.25) is 4.79 Å². The molecule has 0 saturated heterocycles. The van der Waals surface area contributed by atoms with Crippen molar-refractivity contribution in [2.24, 2.45) is 0 Å². The van der Waals surface area contributed by atoms with Gasteiger partial charge in [0.05, 0.1) is 12.1 Å². The molecule has 6 nitrogen and oxygen atoms in total. The second-order valence-corrected chi connectivity index (χ2v) is 8.88. The van der Waals surface area contributed by atoms with E-state index in [0.717, 1.165) is 26.6 Å². The summed E-state index contributed by atoms with van der Waals surface area (Å²) in [7, 11) is 0. The number of fused-ring (bicyclic) bond motifs is 3. The molecule has 0 spiro atoms. The topological polar surface area (TPSA) is 69.9 Å². The molecule has 0 bridgehead atoms. The molecule has 0 unspecified atom stereocenters. The molecular weight excluding hydrogens is 483 g/mol. The third-order valence-electron chi connectivity index (χ3n) is 4.72. The van der Waals surface area contributed by atoms with Crippen molar-refractivity contribution in [1.29, 1.82) is 0 Å². The predicted molar refractivity (Wildman–Crippen MR) is 123 cm³/mol. The van der Waals surface area contributed by atoms with E-state index in [-0.39, 0.29) is 11.8 Å². The Hall–Kier alpha value is -2.52. The fourth-order valence-corrected chi connectivity index (χ4v) is 4.40. The van der Waals surface area contributed by atoms with Gasteiger partial charge < -0.3 is 9.30 Å². The van der Waals surface area contributed by atoms with Gasteiger partial charge in [-0.15, -0.1) is 10.2 Å². The van der Waals surface area contributed by atoms with Crippen molar-refractivity contribution in [3.05, 3.63) is 58.3 Å². The Morgan fingerprint density at radius 2 is 2.00 bits per heavy atom. The van der Waals surface area contributed by atoms with Crippen molar-refractivity contribution in [1.82, 2.24) is 19.7 Å². The first-order valence-electron chi connectivity index (χ1n) is 9.90. The van der Waals surface area contributed by atoms with Crippen LogP contribution in [0, 0.1) is 5.82 Å². The zero-order valence-electron chi connectivity index (χ0n) is 16.8. The fraction of sp³-hybridized carbons (Fsp3) is 0.273. The molecule has 2 aromatic carbocycles. The van der Waals surface area contributed by atoms with Crippen LogP contribution >= 0.6 is 27.7 Å². The number of nitrogens with zero attached hydrogens (tertiary/aromatic N) is 4. The van der Waals surface area contributed by atoms with Gasteiger partial charge in [0.15, 0.2) is 5.65 Å². The van der Waals surface area contributed by atoms with E-state index in [4.69, 9.17) is 9.72 Å². The number of hydrogen-bond donors (Lipinski definition) is 0. The van der Waals surface area contributed by atoms with E-state index in [2.05, 4.69) is 30.7 Å². The number of benzene rings is 2. The fourth-order valence-electron chi connectivity index (χ4n) is 3.32. The molecule has 0 aliphatic heterocycles. The standard InChI is InChI=1S/C22H20BrFN4O2S/c1-2-30-19(29)4-3-11-31-22-25-21-20(26-27-22)17-12-15(23)7-10-18(17)28(21)13-14-5-8-16(24)9-6-14/h5-10,12H,2-4,11,13H2,1H3. The van der Waals surface area contributed by atoms with E-state index in [9.17, 15) is 9.18 Å². The van der Waals surface area contributed by atoms with Crippen LogP contribution in [0.3, 0.4) is 0 Å². The van der Waals surface area contributed by atoms with Crippen molar-refractivity contribution in [2.75, 3.05) is 12.4 Å². The van der Waals surface area contributed by atoms with Crippen LogP contribution < -0.4 is 0 Å². The predicted octanol–water partition coefficient (Wildman–Crippen LogP) is 5.36. The lowest BCUT2D eigenvalue weighted by molar-refractivity contribution is -0.143. The number of halogens is 2. The van der Waals surface area contributed by atoms with Crippen molar-refractivity contribution < 1.29 is 13.9 Å². The molecule has 2 aromatic heterocycles.